The highest BCUT2D eigenvalue weighted by atomic mass is 35.5. The quantitative estimate of drug-likeness (QED) is 0.647. The second-order valence-corrected chi connectivity index (χ2v) is 7.99. The molecule has 2 aromatic carbocycles. The highest BCUT2D eigenvalue weighted by Gasteiger charge is 2.19. The molecular weight excluding hydrogens is 368 g/mol. The Morgan fingerprint density at radius 1 is 1.00 bits per heavy atom. The monoisotopic (exact) mass is 394 g/mol. The molecule has 1 fully saturated rings. The molecule has 0 bridgehead atoms. The van der Waals surface area contributed by atoms with Gasteiger partial charge in [0.15, 0.2) is 0 Å². The van der Waals surface area contributed by atoms with Gasteiger partial charge in [-0.25, -0.2) is 0 Å². The molecule has 1 saturated heterocycles. The van der Waals surface area contributed by atoms with Crippen LogP contribution in [0.5, 0.6) is 0 Å². The average Bonchev–Trinajstić information content (AvgIpc) is 3.23. The Morgan fingerprint density at radius 3 is 2.61 bits per heavy atom. The average molecular weight is 395 g/mol. The van der Waals surface area contributed by atoms with Crippen molar-refractivity contribution in [2.45, 2.75) is 38.5 Å². The molecule has 0 radical (unpaired) electrons. The van der Waals surface area contributed by atoms with E-state index < -0.39 is 0 Å². The lowest BCUT2D eigenvalue weighted by atomic mass is 10.0. The summed E-state index contributed by atoms with van der Waals surface area (Å²) in [7, 11) is 0. The fraction of sp³-hybridized carbons (Fsp3) is 0.348. The lowest BCUT2D eigenvalue weighted by molar-refractivity contribution is 0.182. The Labute approximate surface area is 172 Å². The van der Waals surface area contributed by atoms with Crippen molar-refractivity contribution < 1.29 is 0 Å². The number of hydrogen-bond donors (Lipinski definition) is 1. The number of nitrogens with one attached hydrogen (secondary N) is 1. The number of aromatic nitrogens is 2. The van der Waals surface area contributed by atoms with Gasteiger partial charge in [0.05, 0.1) is 6.54 Å². The summed E-state index contributed by atoms with van der Waals surface area (Å²) in [6, 6.07) is 19.4. The van der Waals surface area contributed by atoms with Gasteiger partial charge < -0.3 is 5.32 Å². The molecule has 2 heterocycles. The van der Waals surface area contributed by atoms with Crippen molar-refractivity contribution in [3.05, 3.63) is 88.7 Å². The van der Waals surface area contributed by atoms with Crippen LogP contribution in [-0.2, 0) is 19.6 Å². The van der Waals surface area contributed by atoms with Crippen molar-refractivity contribution in [2.75, 3.05) is 13.1 Å². The standard InChI is InChI=1S/C23H27ClN4/c24-22-10-8-19(9-11-22)16-27-13-3-7-23(18-27)25-15-20-5-1-2-6-21(20)17-28-14-4-12-26-28/h1-2,4-6,8-12,14,23,25H,3,7,13,15-18H2. The molecule has 0 spiro atoms. The van der Waals surface area contributed by atoms with Crippen molar-refractivity contribution in [2.24, 2.45) is 0 Å². The Hall–Kier alpha value is -2.14. The summed E-state index contributed by atoms with van der Waals surface area (Å²) in [5.41, 5.74) is 4.01. The minimum absolute atomic E-state index is 0.527. The number of halogens is 1. The van der Waals surface area contributed by atoms with Crippen LogP contribution >= 0.6 is 11.6 Å². The van der Waals surface area contributed by atoms with E-state index in [9.17, 15) is 0 Å². The first kappa shape index (κ1) is 19.2. The van der Waals surface area contributed by atoms with Crippen LogP contribution in [0.25, 0.3) is 0 Å². The van der Waals surface area contributed by atoms with Crippen molar-refractivity contribution >= 4 is 11.6 Å². The van der Waals surface area contributed by atoms with Gasteiger partial charge >= 0.3 is 0 Å². The summed E-state index contributed by atoms with van der Waals surface area (Å²) >= 11 is 6.01. The molecule has 1 N–H and O–H groups in total. The molecule has 4 rings (SSSR count). The van der Waals surface area contributed by atoms with Gasteiger partial charge in [-0.15, -0.1) is 0 Å². The highest BCUT2D eigenvalue weighted by molar-refractivity contribution is 6.30. The third kappa shape index (κ3) is 5.22. The van der Waals surface area contributed by atoms with E-state index in [1.165, 1.54) is 29.5 Å². The molecule has 28 heavy (non-hydrogen) atoms. The zero-order valence-electron chi connectivity index (χ0n) is 16.1. The molecule has 0 amide bonds. The Morgan fingerprint density at radius 2 is 1.82 bits per heavy atom. The molecule has 1 aromatic heterocycles. The number of piperidine rings is 1. The summed E-state index contributed by atoms with van der Waals surface area (Å²) in [5, 5.41) is 8.93. The first-order valence-corrected chi connectivity index (χ1v) is 10.4. The maximum atomic E-state index is 6.01. The van der Waals surface area contributed by atoms with Gasteiger partial charge in [0.2, 0.25) is 0 Å². The van der Waals surface area contributed by atoms with E-state index in [0.29, 0.717) is 6.04 Å². The van der Waals surface area contributed by atoms with Crippen LogP contribution in [0.2, 0.25) is 5.02 Å². The number of likely N-dealkylation sites (tertiary alicyclic amines) is 1. The Balaban J connectivity index is 1.33. The number of rotatable bonds is 7. The molecule has 3 aromatic rings. The maximum absolute atomic E-state index is 6.01. The van der Waals surface area contributed by atoms with Crippen LogP contribution < -0.4 is 5.32 Å². The van der Waals surface area contributed by atoms with Crippen LogP contribution in [-0.4, -0.2) is 33.8 Å². The first-order valence-electron chi connectivity index (χ1n) is 10.0. The number of hydrogen-bond acceptors (Lipinski definition) is 3. The molecule has 0 aliphatic carbocycles. The van der Waals surface area contributed by atoms with Crippen molar-refractivity contribution in [1.82, 2.24) is 20.0 Å². The van der Waals surface area contributed by atoms with Crippen LogP contribution in [0, 0.1) is 0 Å². The lowest BCUT2D eigenvalue weighted by Crippen LogP contribution is -2.45. The van der Waals surface area contributed by atoms with E-state index in [4.69, 9.17) is 11.6 Å². The molecule has 1 atom stereocenters. The van der Waals surface area contributed by atoms with Gasteiger partial charge in [-0.05, 0) is 54.3 Å². The fourth-order valence-electron chi connectivity index (χ4n) is 3.92. The van der Waals surface area contributed by atoms with Gasteiger partial charge in [-0.3, -0.25) is 9.58 Å². The van der Waals surface area contributed by atoms with Gasteiger partial charge in [0.25, 0.3) is 0 Å². The first-order chi connectivity index (χ1) is 13.8. The highest BCUT2D eigenvalue weighted by Crippen LogP contribution is 2.17. The predicted octanol–water partition coefficient (Wildman–Crippen LogP) is 4.34. The molecule has 1 aliphatic heterocycles. The van der Waals surface area contributed by atoms with Gasteiger partial charge in [-0.1, -0.05) is 48.0 Å². The van der Waals surface area contributed by atoms with Crippen LogP contribution in [0.1, 0.15) is 29.5 Å². The molecule has 5 heteroatoms. The molecule has 1 aliphatic rings. The molecule has 0 saturated carbocycles. The maximum Gasteiger partial charge on any atom is 0.0662 e. The van der Waals surface area contributed by atoms with E-state index in [1.807, 2.05) is 35.3 Å². The van der Waals surface area contributed by atoms with Gasteiger partial charge in [0, 0.05) is 43.1 Å². The summed E-state index contributed by atoms with van der Waals surface area (Å²) in [6.45, 7) is 4.96. The lowest BCUT2D eigenvalue weighted by Gasteiger charge is -2.33. The summed E-state index contributed by atoms with van der Waals surface area (Å²) in [5.74, 6) is 0. The molecule has 1 unspecified atom stereocenters. The van der Waals surface area contributed by atoms with Crippen LogP contribution in [0.3, 0.4) is 0 Å². The van der Waals surface area contributed by atoms with Crippen LogP contribution in [0.4, 0.5) is 0 Å². The number of nitrogens with zero attached hydrogens (tertiary/aromatic N) is 3. The van der Waals surface area contributed by atoms with Gasteiger partial charge in [-0.2, -0.15) is 5.10 Å². The zero-order valence-corrected chi connectivity index (χ0v) is 16.9. The minimum atomic E-state index is 0.527. The predicted molar refractivity (Wildman–Crippen MR) is 114 cm³/mol. The van der Waals surface area contributed by atoms with Crippen molar-refractivity contribution in [1.29, 1.82) is 0 Å². The second kappa shape index (κ2) is 9.37. The minimum Gasteiger partial charge on any atom is -0.309 e. The topological polar surface area (TPSA) is 33.1 Å². The SMILES string of the molecule is Clc1ccc(CN2CCCC(NCc3ccccc3Cn3cccn3)C2)cc1. The third-order valence-electron chi connectivity index (χ3n) is 5.42. The Kier molecular flexibility index (Phi) is 6.42. The molecule has 4 nitrogen and oxygen atoms in total. The largest absolute Gasteiger partial charge is 0.309 e. The normalized spacial score (nSPS) is 17.7. The smallest absolute Gasteiger partial charge is 0.0662 e. The van der Waals surface area contributed by atoms with Crippen molar-refractivity contribution in [3.8, 4) is 0 Å². The number of benzene rings is 2. The van der Waals surface area contributed by atoms with E-state index in [0.717, 1.165) is 37.7 Å². The molecule has 146 valence electrons. The van der Waals surface area contributed by atoms with Crippen molar-refractivity contribution in [3.63, 3.8) is 0 Å². The summed E-state index contributed by atoms with van der Waals surface area (Å²) < 4.78 is 1.98. The second-order valence-electron chi connectivity index (χ2n) is 7.55. The third-order valence-corrected chi connectivity index (χ3v) is 5.67. The van der Waals surface area contributed by atoms with Crippen LogP contribution in [0.15, 0.2) is 67.0 Å². The van der Waals surface area contributed by atoms with E-state index in [2.05, 4.69) is 51.7 Å². The Bertz CT molecular complexity index is 861. The molecular formula is C23H27ClN4. The summed E-state index contributed by atoms with van der Waals surface area (Å²) in [6.07, 6.45) is 6.32. The van der Waals surface area contributed by atoms with E-state index in [-0.39, 0.29) is 0 Å². The summed E-state index contributed by atoms with van der Waals surface area (Å²) in [4.78, 5) is 2.54. The zero-order chi connectivity index (χ0) is 19.2. The van der Waals surface area contributed by atoms with E-state index >= 15 is 0 Å². The van der Waals surface area contributed by atoms with E-state index in [1.54, 1.807) is 0 Å². The van der Waals surface area contributed by atoms with Gasteiger partial charge in [0.1, 0.15) is 0 Å². The fourth-order valence-corrected chi connectivity index (χ4v) is 4.05.